The second-order valence-electron chi connectivity index (χ2n) is 7.13. The van der Waals surface area contributed by atoms with Gasteiger partial charge in [0.15, 0.2) is 5.13 Å². The first kappa shape index (κ1) is 18.5. The Kier molecular flexibility index (Phi) is 5.39. The van der Waals surface area contributed by atoms with Crippen LogP contribution in [0.4, 0.5) is 5.13 Å². The maximum absolute atomic E-state index is 13.2. The summed E-state index contributed by atoms with van der Waals surface area (Å²) in [6, 6.07) is 12.0. The molecule has 0 atom stereocenters. The van der Waals surface area contributed by atoms with Crippen LogP contribution >= 0.6 is 11.3 Å². The number of hydrogen-bond acceptors (Lipinski definition) is 3. The molecule has 0 fully saturated rings. The van der Waals surface area contributed by atoms with Crippen LogP contribution in [0.2, 0.25) is 0 Å². The molecule has 1 heterocycles. The quantitative estimate of drug-likeness (QED) is 0.752. The van der Waals surface area contributed by atoms with E-state index in [0.29, 0.717) is 12.1 Å². The Hall–Kier alpha value is -2.24. The van der Waals surface area contributed by atoms with E-state index in [0.717, 1.165) is 27.5 Å². The molecule has 136 valence electrons. The minimum atomic E-state index is 0.0136. The number of carbonyl (C=O) groups excluding carboxylic acids is 1. The van der Waals surface area contributed by atoms with E-state index in [4.69, 9.17) is 4.98 Å². The molecule has 2 aromatic carbocycles. The lowest BCUT2D eigenvalue weighted by Gasteiger charge is -2.20. The average molecular weight is 369 g/mol. The van der Waals surface area contributed by atoms with Crippen molar-refractivity contribution < 1.29 is 9.69 Å². The molecular weight excluding hydrogens is 342 g/mol. The Balaban J connectivity index is 2.01. The fourth-order valence-electron chi connectivity index (χ4n) is 2.80. The molecule has 3 aromatic rings. The second kappa shape index (κ2) is 7.56. The molecular formula is C21H26N3OS+. The van der Waals surface area contributed by atoms with Gasteiger partial charge >= 0.3 is 0 Å². The molecule has 0 bridgehead atoms. The smallest absolute Gasteiger partial charge is 0.260 e. The van der Waals surface area contributed by atoms with E-state index in [-0.39, 0.29) is 5.91 Å². The van der Waals surface area contributed by atoms with Crippen LogP contribution in [0.25, 0.3) is 10.2 Å². The predicted molar refractivity (Wildman–Crippen MR) is 110 cm³/mol. The number of fused-ring (bicyclic) bond motifs is 1. The third-order valence-corrected chi connectivity index (χ3v) is 5.73. The molecule has 0 unspecified atom stereocenters. The third-order valence-electron chi connectivity index (χ3n) is 4.68. The van der Waals surface area contributed by atoms with Gasteiger partial charge in [-0.3, -0.25) is 9.69 Å². The number of aryl methyl sites for hydroxylation is 3. The van der Waals surface area contributed by atoms with E-state index >= 15 is 0 Å². The lowest BCUT2D eigenvalue weighted by Crippen LogP contribution is -3.06. The van der Waals surface area contributed by atoms with Gasteiger partial charge in [0.2, 0.25) is 0 Å². The maximum atomic E-state index is 13.2. The Morgan fingerprint density at radius 1 is 1.08 bits per heavy atom. The highest BCUT2D eigenvalue weighted by molar-refractivity contribution is 7.22. The third kappa shape index (κ3) is 3.79. The summed E-state index contributed by atoms with van der Waals surface area (Å²) in [6.07, 6.45) is 0. The number of nitrogens with one attached hydrogen (secondary N) is 1. The highest BCUT2D eigenvalue weighted by Gasteiger charge is 2.22. The summed E-state index contributed by atoms with van der Waals surface area (Å²) < 4.78 is 1.13. The molecule has 26 heavy (non-hydrogen) atoms. The van der Waals surface area contributed by atoms with Crippen molar-refractivity contribution in [3.05, 3.63) is 58.7 Å². The summed E-state index contributed by atoms with van der Waals surface area (Å²) in [5, 5.41) is 0.778. The van der Waals surface area contributed by atoms with Crippen LogP contribution in [-0.2, 0) is 0 Å². The van der Waals surface area contributed by atoms with Gasteiger partial charge in [-0.2, -0.15) is 0 Å². The van der Waals surface area contributed by atoms with Crippen LogP contribution in [0.5, 0.6) is 0 Å². The monoisotopic (exact) mass is 368 g/mol. The van der Waals surface area contributed by atoms with Gasteiger partial charge in [-0.1, -0.05) is 35.1 Å². The number of carbonyl (C=O) groups is 1. The molecule has 0 saturated heterocycles. The van der Waals surface area contributed by atoms with E-state index in [9.17, 15) is 4.79 Å². The van der Waals surface area contributed by atoms with Crippen LogP contribution in [0, 0.1) is 20.8 Å². The predicted octanol–water partition coefficient (Wildman–Crippen LogP) is 3.01. The number of benzene rings is 2. The Labute approximate surface area is 159 Å². The SMILES string of the molecule is Cc1ccc(C(=O)N(CC[NH+](C)C)c2nc3c(C)c(C)ccc3s2)cc1. The number of aromatic nitrogens is 1. The standard InChI is InChI=1S/C21H25N3OS/c1-14-6-9-17(10-7-14)20(25)24(13-12-23(4)5)21-22-19-16(3)15(2)8-11-18(19)26-21/h6-11H,12-13H2,1-5H3/p+1. The van der Waals surface area contributed by atoms with Crippen molar-refractivity contribution in [2.24, 2.45) is 0 Å². The number of nitrogens with zero attached hydrogens (tertiary/aromatic N) is 2. The van der Waals surface area contributed by atoms with E-state index < -0.39 is 0 Å². The molecule has 4 nitrogen and oxygen atoms in total. The number of likely N-dealkylation sites (N-methyl/N-ethyl adjacent to an activating group) is 1. The summed E-state index contributed by atoms with van der Waals surface area (Å²) in [4.78, 5) is 21.1. The molecule has 0 saturated carbocycles. The minimum absolute atomic E-state index is 0.0136. The molecule has 0 aliphatic heterocycles. The fourth-order valence-corrected chi connectivity index (χ4v) is 3.85. The van der Waals surface area contributed by atoms with Gasteiger partial charge in [0, 0.05) is 5.56 Å². The zero-order valence-corrected chi connectivity index (χ0v) is 16.9. The van der Waals surface area contributed by atoms with Gasteiger partial charge in [-0.05, 0) is 50.1 Å². The fraction of sp³-hybridized carbons (Fsp3) is 0.333. The molecule has 0 aliphatic rings. The number of rotatable bonds is 5. The van der Waals surface area contributed by atoms with Crippen LogP contribution in [0.15, 0.2) is 36.4 Å². The van der Waals surface area contributed by atoms with Gasteiger partial charge in [0.25, 0.3) is 5.91 Å². The summed E-state index contributed by atoms with van der Waals surface area (Å²) in [5.41, 5.74) is 5.27. The number of amides is 1. The summed E-state index contributed by atoms with van der Waals surface area (Å²) in [5.74, 6) is 0.0136. The Morgan fingerprint density at radius 3 is 2.42 bits per heavy atom. The van der Waals surface area contributed by atoms with E-state index in [2.05, 4.69) is 40.1 Å². The number of hydrogen-bond donors (Lipinski definition) is 1. The first-order valence-corrected chi connectivity index (χ1v) is 9.73. The average Bonchev–Trinajstić information content (AvgIpc) is 3.03. The van der Waals surface area contributed by atoms with Crippen LogP contribution in [0.1, 0.15) is 27.0 Å². The minimum Gasteiger partial charge on any atom is -0.338 e. The first-order valence-electron chi connectivity index (χ1n) is 8.91. The highest BCUT2D eigenvalue weighted by Crippen LogP contribution is 2.32. The molecule has 0 aliphatic carbocycles. The largest absolute Gasteiger partial charge is 0.338 e. The molecule has 0 radical (unpaired) electrons. The summed E-state index contributed by atoms with van der Waals surface area (Å²) in [7, 11) is 4.20. The maximum Gasteiger partial charge on any atom is 0.260 e. The topological polar surface area (TPSA) is 37.6 Å². The second-order valence-corrected chi connectivity index (χ2v) is 8.14. The normalized spacial score (nSPS) is 11.3. The van der Waals surface area contributed by atoms with Gasteiger partial charge in [-0.25, -0.2) is 4.98 Å². The lowest BCUT2D eigenvalue weighted by atomic mass is 10.1. The van der Waals surface area contributed by atoms with Gasteiger partial charge < -0.3 is 4.90 Å². The van der Waals surface area contributed by atoms with Crippen LogP contribution < -0.4 is 9.80 Å². The van der Waals surface area contributed by atoms with Gasteiger partial charge in [0.05, 0.1) is 37.4 Å². The van der Waals surface area contributed by atoms with Crippen molar-refractivity contribution >= 4 is 32.6 Å². The summed E-state index contributed by atoms with van der Waals surface area (Å²) >= 11 is 1.59. The highest BCUT2D eigenvalue weighted by atomic mass is 32.1. The van der Waals surface area contributed by atoms with E-state index in [1.807, 2.05) is 36.1 Å². The van der Waals surface area contributed by atoms with Gasteiger partial charge in [0.1, 0.15) is 0 Å². The molecule has 5 heteroatoms. The van der Waals surface area contributed by atoms with Gasteiger partial charge in [-0.15, -0.1) is 0 Å². The van der Waals surface area contributed by atoms with Crippen molar-refractivity contribution in [2.75, 3.05) is 32.1 Å². The number of thiazole rings is 1. The van der Waals surface area contributed by atoms with Crippen molar-refractivity contribution in [1.29, 1.82) is 0 Å². The first-order chi connectivity index (χ1) is 12.4. The molecule has 0 spiro atoms. The Bertz CT molecular complexity index is 928. The molecule has 1 N–H and O–H groups in total. The van der Waals surface area contributed by atoms with Crippen molar-refractivity contribution in [1.82, 2.24) is 4.98 Å². The zero-order chi connectivity index (χ0) is 18.8. The van der Waals surface area contributed by atoms with Crippen molar-refractivity contribution in [2.45, 2.75) is 20.8 Å². The molecule has 1 aromatic heterocycles. The molecule has 3 rings (SSSR count). The van der Waals surface area contributed by atoms with E-state index in [1.54, 1.807) is 11.3 Å². The Morgan fingerprint density at radius 2 is 1.77 bits per heavy atom. The number of anilines is 1. The molecule has 1 amide bonds. The van der Waals surface area contributed by atoms with Crippen LogP contribution in [0.3, 0.4) is 0 Å². The van der Waals surface area contributed by atoms with Crippen molar-refractivity contribution in [3.63, 3.8) is 0 Å². The van der Waals surface area contributed by atoms with E-state index in [1.165, 1.54) is 16.0 Å². The van der Waals surface area contributed by atoms with Crippen molar-refractivity contribution in [3.8, 4) is 0 Å². The summed E-state index contributed by atoms with van der Waals surface area (Å²) in [6.45, 7) is 7.73. The number of quaternary nitrogens is 1. The zero-order valence-electron chi connectivity index (χ0n) is 16.1. The van der Waals surface area contributed by atoms with Crippen LogP contribution in [-0.4, -0.2) is 38.1 Å². The lowest BCUT2D eigenvalue weighted by molar-refractivity contribution is -0.856.